The average molecular weight is 214 g/mol. The van der Waals surface area contributed by atoms with Crippen molar-refractivity contribution in [3.05, 3.63) is 29.8 Å². The Kier molecular flexibility index (Phi) is 4.23. The highest BCUT2D eigenvalue weighted by atomic mass is 35.5. The maximum atomic E-state index is 9.06. The van der Waals surface area contributed by atoms with Gasteiger partial charge in [0.05, 0.1) is 0 Å². The standard InChI is InChI=1S/C11H15NO.ClH/c13-11-5-3-10(4-6-11)8-12-7-9-1-2-9;/h3-6,9,12-13H,1-2,7-8H2;1H. The second kappa shape index (κ2) is 5.23. The van der Waals surface area contributed by atoms with Crippen molar-refractivity contribution in [2.45, 2.75) is 19.4 Å². The highest BCUT2D eigenvalue weighted by Gasteiger charge is 2.19. The van der Waals surface area contributed by atoms with Gasteiger partial charge in [-0.25, -0.2) is 0 Å². The van der Waals surface area contributed by atoms with E-state index in [9.17, 15) is 0 Å². The molecule has 3 heteroatoms. The van der Waals surface area contributed by atoms with E-state index in [0.717, 1.165) is 19.0 Å². The van der Waals surface area contributed by atoms with Crippen molar-refractivity contribution in [3.8, 4) is 5.75 Å². The van der Waals surface area contributed by atoms with E-state index < -0.39 is 0 Å². The van der Waals surface area contributed by atoms with E-state index in [4.69, 9.17) is 5.11 Å². The largest absolute Gasteiger partial charge is 0.508 e. The van der Waals surface area contributed by atoms with Crippen LogP contribution in [0.1, 0.15) is 18.4 Å². The summed E-state index contributed by atoms with van der Waals surface area (Å²) in [5.74, 6) is 1.27. The van der Waals surface area contributed by atoms with Gasteiger partial charge in [0, 0.05) is 6.54 Å². The summed E-state index contributed by atoms with van der Waals surface area (Å²) in [5.41, 5.74) is 1.23. The molecule has 0 aliphatic heterocycles. The first kappa shape index (κ1) is 11.3. The summed E-state index contributed by atoms with van der Waals surface area (Å²) in [6.45, 7) is 2.05. The van der Waals surface area contributed by atoms with Crippen molar-refractivity contribution in [2.75, 3.05) is 6.54 Å². The Morgan fingerprint density at radius 2 is 1.86 bits per heavy atom. The molecule has 1 aromatic carbocycles. The Morgan fingerprint density at radius 3 is 2.43 bits per heavy atom. The fourth-order valence-corrected chi connectivity index (χ4v) is 1.36. The van der Waals surface area contributed by atoms with Gasteiger partial charge >= 0.3 is 0 Å². The van der Waals surface area contributed by atoms with Gasteiger partial charge in [-0.3, -0.25) is 0 Å². The monoisotopic (exact) mass is 213 g/mol. The number of hydrogen-bond donors (Lipinski definition) is 2. The van der Waals surface area contributed by atoms with Crippen LogP contribution in [0.3, 0.4) is 0 Å². The van der Waals surface area contributed by atoms with Crippen molar-refractivity contribution in [1.29, 1.82) is 0 Å². The van der Waals surface area contributed by atoms with E-state index in [1.54, 1.807) is 12.1 Å². The van der Waals surface area contributed by atoms with Crippen molar-refractivity contribution in [1.82, 2.24) is 5.32 Å². The molecule has 1 saturated carbocycles. The van der Waals surface area contributed by atoms with Gasteiger partial charge in [0.15, 0.2) is 0 Å². The molecule has 0 spiro atoms. The molecule has 0 atom stereocenters. The Hall–Kier alpha value is -0.730. The lowest BCUT2D eigenvalue weighted by Crippen LogP contribution is -2.15. The molecule has 14 heavy (non-hydrogen) atoms. The molecule has 2 nitrogen and oxygen atoms in total. The molecule has 0 radical (unpaired) electrons. The molecule has 0 amide bonds. The zero-order chi connectivity index (χ0) is 9.10. The lowest BCUT2D eigenvalue weighted by Gasteiger charge is -2.03. The summed E-state index contributed by atoms with van der Waals surface area (Å²) < 4.78 is 0. The van der Waals surface area contributed by atoms with Crippen molar-refractivity contribution < 1.29 is 5.11 Å². The third kappa shape index (κ3) is 3.56. The number of hydrogen-bond acceptors (Lipinski definition) is 2. The predicted octanol–water partition coefficient (Wildman–Crippen LogP) is 2.31. The van der Waals surface area contributed by atoms with Crippen LogP contribution in [0.4, 0.5) is 0 Å². The first-order valence-corrected chi connectivity index (χ1v) is 4.83. The van der Waals surface area contributed by atoms with Crippen LogP contribution in [0.5, 0.6) is 5.75 Å². The molecule has 0 saturated heterocycles. The summed E-state index contributed by atoms with van der Waals surface area (Å²) >= 11 is 0. The van der Waals surface area contributed by atoms with E-state index in [2.05, 4.69) is 5.32 Å². The second-order valence-electron chi connectivity index (χ2n) is 3.74. The van der Waals surface area contributed by atoms with Crippen LogP contribution in [0.2, 0.25) is 0 Å². The quantitative estimate of drug-likeness (QED) is 0.805. The van der Waals surface area contributed by atoms with Crippen LogP contribution in [0.15, 0.2) is 24.3 Å². The number of rotatable bonds is 4. The zero-order valence-corrected chi connectivity index (χ0v) is 8.89. The van der Waals surface area contributed by atoms with E-state index in [1.165, 1.54) is 18.4 Å². The number of benzene rings is 1. The molecule has 0 heterocycles. The van der Waals surface area contributed by atoms with Gasteiger partial charge in [0.1, 0.15) is 5.75 Å². The van der Waals surface area contributed by atoms with Gasteiger partial charge < -0.3 is 10.4 Å². The molecule has 1 aromatic rings. The van der Waals surface area contributed by atoms with Gasteiger partial charge in [-0.1, -0.05) is 12.1 Å². The normalized spacial score (nSPS) is 14.9. The molecule has 1 aliphatic rings. The lowest BCUT2D eigenvalue weighted by atomic mass is 10.2. The SMILES string of the molecule is Cl.Oc1ccc(CNCC2CC2)cc1. The molecule has 0 bridgehead atoms. The lowest BCUT2D eigenvalue weighted by molar-refractivity contribution is 0.475. The van der Waals surface area contributed by atoms with Crippen molar-refractivity contribution in [2.24, 2.45) is 5.92 Å². The molecule has 1 fully saturated rings. The number of nitrogens with one attached hydrogen (secondary N) is 1. The van der Waals surface area contributed by atoms with Crippen LogP contribution in [-0.2, 0) is 6.54 Å². The van der Waals surface area contributed by atoms with Crippen LogP contribution in [-0.4, -0.2) is 11.7 Å². The van der Waals surface area contributed by atoms with Gasteiger partial charge in [0.25, 0.3) is 0 Å². The fraction of sp³-hybridized carbons (Fsp3) is 0.455. The predicted molar refractivity (Wildman–Crippen MR) is 59.8 cm³/mol. The molecular formula is C11H16ClNO. The van der Waals surface area contributed by atoms with Crippen molar-refractivity contribution >= 4 is 12.4 Å². The van der Waals surface area contributed by atoms with Gasteiger partial charge in [-0.05, 0) is 43.0 Å². The minimum Gasteiger partial charge on any atom is -0.508 e. The minimum atomic E-state index is 0. The number of phenols is 1. The van der Waals surface area contributed by atoms with E-state index >= 15 is 0 Å². The van der Waals surface area contributed by atoms with Crippen LogP contribution >= 0.6 is 12.4 Å². The molecule has 78 valence electrons. The maximum absolute atomic E-state index is 9.06. The second-order valence-corrected chi connectivity index (χ2v) is 3.74. The molecule has 0 unspecified atom stereocenters. The smallest absolute Gasteiger partial charge is 0.115 e. The van der Waals surface area contributed by atoms with Gasteiger partial charge in [-0.15, -0.1) is 12.4 Å². The molecule has 2 rings (SSSR count). The van der Waals surface area contributed by atoms with Crippen molar-refractivity contribution in [3.63, 3.8) is 0 Å². The molecule has 2 N–H and O–H groups in total. The molecule has 1 aliphatic carbocycles. The summed E-state index contributed by atoms with van der Waals surface area (Å²) in [7, 11) is 0. The summed E-state index contributed by atoms with van der Waals surface area (Å²) in [4.78, 5) is 0. The fourth-order valence-electron chi connectivity index (χ4n) is 1.36. The molecule has 0 aromatic heterocycles. The number of halogens is 1. The first-order chi connectivity index (χ1) is 6.34. The van der Waals surface area contributed by atoms with Crippen LogP contribution in [0, 0.1) is 5.92 Å². The number of aromatic hydroxyl groups is 1. The topological polar surface area (TPSA) is 32.3 Å². The van der Waals surface area contributed by atoms with Gasteiger partial charge in [0.2, 0.25) is 0 Å². The summed E-state index contributed by atoms with van der Waals surface area (Å²) in [5, 5.41) is 12.5. The Morgan fingerprint density at radius 1 is 1.21 bits per heavy atom. The summed E-state index contributed by atoms with van der Waals surface area (Å²) in [6.07, 6.45) is 2.78. The molecular weight excluding hydrogens is 198 g/mol. The highest BCUT2D eigenvalue weighted by molar-refractivity contribution is 5.85. The minimum absolute atomic E-state index is 0. The first-order valence-electron chi connectivity index (χ1n) is 4.83. The van der Waals surface area contributed by atoms with E-state index in [0.29, 0.717) is 5.75 Å². The van der Waals surface area contributed by atoms with E-state index in [1.807, 2.05) is 12.1 Å². The highest BCUT2D eigenvalue weighted by Crippen LogP contribution is 2.27. The van der Waals surface area contributed by atoms with Gasteiger partial charge in [-0.2, -0.15) is 0 Å². The maximum Gasteiger partial charge on any atom is 0.115 e. The Balaban J connectivity index is 0.000000980. The van der Waals surface area contributed by atoms with E-state index in [-0.39, 0.29) is 12.4 Å². The van der Waals surface area contributed by atoms with Crippen LogP contribution < -0.4 is 5.32 Å². The Bertz CT molecular complexity index is 269. The van der Waals surface area contributed by atoms with Crippen LogP contribution in [0.25, 0.3) is 0 Å². The number of phenolic OH excluding ortho intramolecular Hbond substituents is 1. The Labute approximate surface area is 90.7 Å². The average Bonchev–Trinajstić information content (AvgIpc) is 2.92. The zero-order valence-electron chi connectivity index (χ0n) is 8.07. The third-order valence-corrected chi connectivity index (χ3v) is 2.40. The summed E-state index contributed by atoms with van der Waals surface area (Å²) in [6, 6.07) is 7.37. The third-order valence-electron chi connectivity index (χ3n) is 2.40.